The lowest BCUT2D eigenvalue weighted by Gasteiger charge is -1.97. The average Bonchev–Trinajstić information content (AvgIpc) is 2.71. The minimum Gasteiger partial charge on any atom is -0.476 e. The normalized spacial score (nSPS) is 10.1. The van der Waals surface area contributed by atoms with Gasteiger partial charge in [0, 0.05) is 12.4 Å². The molecule has 0 spiro atoms. The molecular weight excluding hydrogens is 216 g/mol. The summed E-state index contributed by atoms with van der Waals surface area (Å²) in [7, 11) is 0. The van der Waals surface area contributed by atoms with Crippen molar-refractivity contribution in [2.75, 3.05) is 0 Å². The third kappa shape index (κ3) is 2.32. The second-order valence-electron chi connectivity index (χ2n) is 2.54. The van der Waals surface area contributed by atoms with Crippen LogP contribution in [0.15, 0.2) is 35.0 Å². The van der Waals surface area contributed by atoms with Gasteiger partial charge in [-0.3, -0.25) is 4.98 Å². The Labute approximate surface area is 88.8 Å². The maximum absolute atomic E-state index is 10.6. The Kier molecular flexibility index (Phi) is 2.64. The first-order valence-electron chi connectivity index (χ1n) is 3.98. The van der Waals surface area contributed by atoms with Crippen molar-refractivity contribution in [2.24, 2.45) is 0 Å². The van der Waals surface area contributed by atoms with Gasteiger partial charge in [0.05, 0.1) is 12.4 Å². The third-order valence-electron chi connectivity index (χ3n) is 1.51. The Morgan fingerprint density at radius 1 is 1.47 bits per heavy atom. The molecule has 0 fully saturated rings. The molecule has 15 heavy (non-hydrogen) atoms. The van der Waals surface area contributed by atoms with Crippen molar-refractivity contribution in [3.05, 3.63) is 30.5 Å². The summed E-state index contributed by atoms with van der Waals surface area (Å²) in [6.45, 7) is 0. The smallest absolute Gasteiger partial charge is 0.356 e. The molecule has 6 nitrogen and oxygen atoms in total. The van der Waals surface area contributed by atoms with Crippen LogP contribution < -0.4 is 0 Å². The van der Waals surface area contributed by atoms with Crippen LogP contribution in [0, 0.1) is 0 Å². The van der Waals surface area contributed by atoms with Gasteiger partial charge in [-0.15, -0.1) is 0 Å². The highest BCUT2D eigenvalue weighted by Crippen LogP contribution is 2.21. The predicted molar refractivity (Wildman–Crippen MR) is 51.7 cm³/mol. The van der Waals surface area contributed by atoms with Crippen molar-refractivity contribution < 1.29 is 9.90 Å². The Morgan fingerprint density at radius 2 is 2.33 bits per heavy atom. The number of carboxylic acid groups (broad SMARTS) is 1. The molecule has 76 valence electrons. The van der Waals surface area contributed by atoms with E-state index in [4.69, 9.17) is 5.11 Å². The lowest BCUT2D eigenvalue weighted by Crippen LogP contribution is -2.01. The second kappa shape index (κ2) is 4.09. The lowest BCUT2D eigenvalue weighted by atomic mass is 10.5. The van der Waals surface area contributed by atoms with E-state index in [-0.39, 0.29) is 5.69 Å². The molecule has 0 amide bonds. The van der Waals surface area contributed by atoms with Crippen LogP contribution in [0.5, 0.6) is 0 Å². The number of aromatic amines is 1. The molecule has 2 N–H and O–H groups in total. The number of hydrogen-bond donors (Lipinski definition) is 2. The SMILES string of the molecule is O=C(O)c1cncc(Sc2ncc[nH]2)n1. The number of aromatic carboxylic acids is 1. The Morgan fingerprint density at radius 3 is 3.00 bits per heavy atom. The first kappa shape index (κ1) is 9.66. The first-order chi connectivity index (χ1) is 7.25. The summed E-state index contributed by atoms with van der Waals surface area (Å²) >= 11 is 1.22. The molecule has 0 aliphatic heterocycles. The maximum atomic E-state index is 10.6. The third-order valence-corrected chi connectivity index (χ3v) is 2.33. The van der Waals surface area contributed by atoms with Crippen LogP contribution in [0.2, 0.25) is 0 Å². The standard InChI is InChI=1S/C8H6N4O2S/c13-7(14)5-3-9-4-6(12-5)15-8-10-1-2-11-8/h1-4H,(H,10,11)(H,13,14). The highest BCUT2D eigenvalue weighted by molar-refractivity contribution is 7.99. The van der Waals surface area contributed by atoms with Gasteiger partial charge in [-0.25, -0.2) is 14.8 Å². The van der Waals surface area contributed by atoms with E-state index in [9.17, 15) is 4.79 Å². The summed E-state index contributed by atoms with van der Waals surface area (Å²) in [5.74, 6) is -1.09. The minimum absolute atomic E-state index is 0.0773. The molecule has 2 aromatic rings. The zero-order valence-corrected chi connectivity index (χ0v) is 8.23. The van der Waals surface area contributed by atoms with Crippen LogP contribution in [0.4, 0.5) is 0 Å². The molecule has 0 atom stereocenters. The predicted octanol–water partition coefficient (Wildman–Crippen LogP) is 1.05. The van der Waals surface area contributed by atoms with Crippen molar-refractivity contribution >= 4 is 17.7 Å². The Bertz CT molecular complexity index is 471. The molecule has 7 heteroatoms. The average molecular weight is 222 g/mol. The van der Waals surface area contributed by atoms with E-state index in [1.54, 1.807) is 12.4 Å². The second-order valence-corrected chi connectivity index (χ2v) is 3.55. The number of H-pyrrole nitrogens is 1. The van der Waals surface area contributed by atoms with E-state index in [1.165, 1.54) is 24.2 Å². The van der Waals surface area contributed by atoms with Gasteiger partial charge in [-0.2, -0.15) is 0 Å². The van der Waals surface area contributed by atoms with Gasteiger partial charge in [-0.1, -0.05) is 0 Å². The van der Waals surface area contributed by atoms with Crippen LogP contribution in [0.25, 0.3) is 0 Å². The maximum Gasteiger partial charge on any atom is 0.356 e. The first-order valence-corrected chi connectivity index (χ1v) is 4.80. The molecule has 2 rings (SSSR count). The highest BCUT2D eigenvalue weighted by Gasteiger charge is 2.07. The number of carboxylic acids is 1. The van der Waals surface area contributed by atoms with Gasteiger partial charge in [0.15, 0.2) is 10.9 Å². The number of nitrogens with zero attached hydrogens (tertiary/aromatic N) is 3. The van der Waals surface area contributed by atoms with E-state index >= 15 is 0 Å². The highest BCUT2D eigenvalue weighted by atomic mass is 32.2. The van der Waals surface area contributed by atoms with Crippen LogP contribution in [-0.2, 0) is 0 Å². The van der Waals surface area contributed by atoms with Crippen molar-refractivity contribution in [2.45, 2.75) is 10.2 Å². The summed E-state index contributed by atoms with van der Waals surface area (Å²) in [4.78, 5) is 25.1. The van der Waals surface area contributed by atoms with Gasteiger partial charge in [-0.05, 0) is 11.8 Å². The zero-order chi connectivity index (χ0) is 10.7. The summed E-state index contributed by atoms with van der Waals surface area (Å²) < 4.78 is 0. The molecule has 2 aromatic heterocycles. The number of hydrogen-bond acceptors (Lipinski definition) is 5. The van der Waals surface area contributed by atoms with Gasteiger partial charge in [0.2, 0.25) is 0 Å². The number of carbonyl (C=O) groups is 1. The van der Waals surface area contributed by atoms with Crippen molar-refractivity contribution in [3.8, 4) is 0 Å². The van der Waals surface area contributed by atoms with E-state index < -0.39 is 5.97 Å². The number of rotatable bonds is 3. The topological polar surface area (TPSA) is 91.8 Å². The van der Waals surface area contributed by atoms with Crippen LogP contribution >= 0.6 is 11.8 Å². The fraction of sp³-hybridized carbons (Fsp3) is 0. The van der Waals surface area contributed by atoms with Crippen molar-refractivity contribution in [1.82, 2.24) is 19.9 Å². The molecular formula is C8H6N4O2S. The van der Waals surface area contributed by atoms with E-state index in [0.717, 1.165) is 0 Å². The molecule has 0 unspecified atom stereocenters. The summed E-state index contributed by atoms with van der Waals surface area (Å²) in [5.41, 5.74) is -0.0773. The Balaban J connectivity index is 2.22. The molecule has 0 saturated carbocycles. The monoisotopic (exact) mass is 222 g/mol. The lowest BCUT2D eigenvalue weighted by molar-refractivity contribution is 0.0689. The van der Waals surface area contributed by atoms with Gasteiger partial charge in [0.1, 0.15) is 5.03 Å². The summed E-state index contributed by atoms with van der Waals surface area (Å²) in [6.07, 6.45) is 5.97. The zero-order valence-electron chi connectivity index (χ0n) is 7.41. The van der Waals surface area contributed by atoms with Gasteiger partial charge < -0.3 is 10.1 Å². The van der Waals surface area contributed by atoms with Crippen molar-refractivity contribution in [3.63, 3.8) is 0 Å². The molecule has 2 heterocycles. The summed E-state index contributed by atoms with van der Waals surface area (Å²) in [5, 5.41) is 9.84. The number of aromatic nitrogens is 4. The number of imidazole rings is 1. The Hall–Kier alpha value is -1.89. The fourth-order valence-electron chi connectivity index (χ4n) is 0.906. The van der Waals surface area contributed by atoms with Gasteiger partial charge in [0.25, 0.3) is 0 Å². The minimum atomic E-state index is -1.09. The quantitative estimate of drug-likeness (QED) is 0.806. The fourth-order valence-corrected chi connectivity index (χ4v) is 1.60. The molecule has 0 radical (unpaired) electrons. The van der Waals surface area contributed by atoms with E-state index in [0.29, 0.717) is 10.2 Å². The molecule has 0 aliphatic rings. The van der Waals surface area contributed by atoms with Crippen LogP contribution in [-0.4, -0.2) is 31.0 Å². The van der Waals surface area contributed by atoms with Crippen LogP contribution in [0.1, 0.15) is 10.5 Å². The molecule has 0 aromatic carbocycles. The van der Waals surface area contributed by atoms with E-state index in [1.807, 2.05) is 0 Å². The molecule has 0 saturated heterocycles. The van der Waals surface area contributed by atoms with Gasteiger partial charge >= 0.3 is 5.97 Å². The number of nitrogens with one attached hydrogen (secondary N) is 1. The largest absolute Gasteiger partial charge is 0.476 e. The molecule has 0 bridgehead atoms. The summed E-state index contributed by atoms with van der Waals surface area (Å²) in [6, 6.07) is 0. The van der Waals surface area contributed by atoms with Crippen LogP contribution in [0.3, 0.4) is 0 Å². The molecule has 0 aliphatic carbocycles. The van der Waals surface area contributed by atoms with E-state index in [2.05, 4.69) is 19.9 Å². The van der Waals surface area contributed by atoms with Crippen molar-refractivity contribution in [1.29, 1.82) is 0 Å².